The fourth-order valence-electron chi connectivity index (χ4n) is 1.74. The van der Waals surface area contributed by atoms with Gasteiger partial charge in [-0.15, -0.1) is 0 Å². The molecule has 0 aromatic heterocycles. The highest BCUT2D eigenvalue weighted by Crippen LogP contribution is 2.16. The molecule has 0 aliphatic carbocycles. The molecule has 0 saturated heterocycles. The molecule has 0 bridgehead atoms. The molecule has 0 unspecified atom stereocenters. The zero-order chi connectivity index (χ0) is 11.4. The molecule has 0 N–H and O–H groups in total. The Bertz CT molecular complexity index is 448. The van der Waals surface area contributed by atoms with E-state index < -0.39 is 0 Å². The number of rotatable bonds is 3. The minimum Gasteiger partial charge on any atom is -0.370 e. The van der Waals surface area contributed by atoms with E-state index in [1.807, 2.05) is 18.2 Å². The minimum absolute atomic E-state index is 0.921. The van der Waals surface area contributed by atoms with Gasteiger partial charge in [0.1, 0.15) is 0 Å². The van der Waals surface area contributed by atoms with Gasteiger partial charge in [-0.1, -0.05) is 42.5 Å². The average Bonchev–Trinajstić information content (AvgIpc) is 2.30. The molecule has 2 aromatic carbocycles. The summed E-state index contributed by atoms with van der Waals surface area (Å²) in [5.74, 6) is 0. The van der Waals surface area contributed by atoms with E-state index in [-0.39, 0.29) is 0 Å². The summed E-state index contributed by atoms with van der Waals surface area (Å²) < 4.78 is 0. The number of benzene rings is 2. The van der Waals surface area contributed by atoms with Gasteiger partial charge in [0.2, 0.25) is 0 Å². The summed E-state index contributed by atoms with van der Waals surface area (Å²) in [4.78, 5) is 2.23. The lowest BCUT2D eigenvalue weighted by Crippen LogP contribution is -2.16. The number of hydrogen-bond donors (Lipinski definition) is 0. The molecule has 0 amide bonds. The maximum atomic E-state index is 3.94. The van der Waals surface area contributed by atoms with Crippen LogP contribution in [-0.2, 0) is 6.54 Å². The molecule has 1 nitrogen and oxygen atoms in total. The summed E-state index contributed by atoms with van der Waals surface area (Å²) >= 11 is 0. The molecule has 0 heterocycles. The van der Waals surface area contributed by atoms with Crippen LogP contribution in [0.5, 0.6) is 0 Å². The molecule has 0 aliphatic heterocycles. The van der Waals surface area contributed by atoms with Crippen LogP contribution >= 0.6 is 0 Å². The van der Waals surface area contributed by atoms with Crippen molar-refractivity contribution < 1.29 is 0 Å². The molecule has 0 aliphatic rings. The first kappa shape index (κ1) is 10.7. The van der Waals surface area contributed by atoms with E-state index >= 15 is 0 Å². The summed E-state index contributed by atoms with van der Waals surface area (Å²) in [7, 11) is 2.10. The fourth-order valence-corrected chi connectivity index (χ4v) is 1.74. The highest BCUT2D eigenvalue weighted by Gasteiger charge is 2.01. The van der Waals surface area contributed by atoms with Crippen LogP contribution in [0, 0.1) is 6.92 Å². The molecule has 0 atom stereocenters. The molecule has 2 aromatic rings. The third-order valence-corrected chi connectivity index (χ3v) is 2.61. The molecule has 2 rings (SSSR count). The zero-order valence-electron chi connectivity index (χ0n) is 9.56. The van der Waals surface area contributed by atoms with Gasteiger partial charge >= 0.3 is 0 Å². The standard InChI is InChI=1S/C15H16N/c1-13-7-6-10-15(11-13)16(2)12-14-8-4-3-5-9-14/h3-11H,1,12H2,2H3. The monoisotopic (exact) mass is 210 g/mol. The molecule has 16 heavy (non-hydrogen) atoms. The van der Waals surface area contributed by atoms with Crippen molar-refractivity contribution in [3.8, 4) is 0 Å². The first-order valence-electron chi connectivity index (χ1n) is 5.43. The Morgan fingerprint density at radius 3 is 2.44 bits per heavy atom. The van der Waals surface area contributed by atoms with Crippen LogP contribution in [0.4, 0.5) is 5.69 Å². The quantitative estimate of drug-likeness (QED) is 0.749. The Hall–Kier alpha value is -1.76. The first-order chi connectivity index (χ1) is 7.75. The summed E-state index contributed by atoms with van der Waals surface area (Å²) in [6.07, 6.45) is 0. The van der Waals surface area contributed by atoms with Crippen LogP contribution in [-0.4, -0.2) is 7.05 Å². The van der Waals surface area contributed by atoms with Crippen LogP contribution < -0.4 is 4.90 Å². The zero-order valence-corrected chi connectivity index (χ0v) is 9.56. The molecular formula is C15H16N. The lowest BCUT2D eigenvalue weighted by molar-refractivity contribution is 0.923. The summed E-state index contributed by atoms with van der Waals surface area (Å²) in [6.45, 7) is 4.86. The first-order valence-corrected chi connectivity index (χ1v) is 5.43. The van der Waals surface area contributed by atoms with Crippen molar-refractivity contribution >= 4 is 5.69 Å². The van der Waals surface area contributed by atoms with Crippen LogP contribution in [0.3, 0.4) is 0 Å². The normalized spacial score (nSPS) is 10.1. The van der Waals surface area contributed by atoms with Crippen LogP contribution in [0.25, 0.3) is 0 Å². The van der Waals surface area contributed by atoms with Gasteiger partial charge in [-0.2, -0.15) is 0 Å². The molecule has 0 spiro atoms. The lowest BCUT2D eigenvalue weighted by atomic mass is 10.2. The van der Waals surface area contributed by atoms with Gasteiger partial charge in [0.25, 0.3) is 0 Å². The summed E-state index contributed by atoms with van der Waals surface area (Å²) in [6, 6.07) is 18.7. The Labute approximate surface area is 97.3 Å². The number of hydrogen-bond acceptors (Lipinski definition) is 1. The Morgan fingerprint density at radius 2 is 1.75 bits per heavy atom. The van der Waals surface area contributed by atoms with Crippen molar-refractivity contribution in [2.45, 2.75) is 6.54 Å². The van der Waals surface area contributed by atoms with E-state index in [0.29, 0.717) is 0 Å². The maximum Gasteiger partial charge on any atom is 0.0426 e. The SMILES string of the molecule is [CH2]c1cccc(N(C)Cc2ccccc2)c1. The van der Waals surface area contributed by atoms with E-state index in [1.54, 1.807) is 0 Å². The van der Waals surface area contributed by atoms with Gasteiger partial charge in [0.15, 0.2) is 0 Å². The minimum atomic E-state index is 0.921. The Balaban J connectivity index is 2.12. The van der Waals surface area contributed by atoms with Crippen molar-refractivity contribution in [2.24, 2.45) is 0 Å². The predicted octanol–water partition coefficient (Wildman–Crippen LogP) is 3.51. The number of nitrogens with zero attached hydrogens (tertiary/aromatic N) is 1. The van der Waals surface area contributed by atoms with Crippen molar-refractivity contribution in [1.29, 1.82) is 0 Å². The third kappa shape index (κ3) is 2.63. The van der Waals surface area contributed by atoms with Crippen molar-refractivity contribution in [3.05, 3.63) is 72.6 Å². The van der Waals surface area contributed by atoms with Gasteiger partial charge in [0.05, 0.1) is 0 Å². The Kier molecular flexibility index (Phi) is 3.25. The Morgan fingerprint density at radius 1 is 1.00 bits per heavy atom. The predicted molar refractivity (Wildman–Crippen MR) is 69.5 cm³/mol. The molecule has 0 saturated carbocycles. The van der Waals surface area contributed by atoms with E-state index in [9.17, 15) is 0 Å². The second-order valence-electron chi connectivity index (χ2n) is 4.01. The van der Waals surface area contributed by atoms with Gasteiger partial charge in [-0.25, -0.2) is 0 Å². The van der Waals surface area contributed by atoms with E-state index in [4.69, 9.17) is 0 Å². The highest BCUT2D eigenvalue weighted by molar-refractivity contribution is 5.49. The van der Waals surface area contributed by atoms with E-state index in [1.165, 1.54) is 11.3 Å². The van der Waals surface area contributed by atoms with E-state index in [2.05, 4.69) is 55.3 Å². The van der Waals surface area contributed by atoms with Crippen LogP contribution in [0.1, 0.15) is 11.1 Å². The highest BCUT2D eigenvalue weighted by atomic mass is 15.1. The fraction of sp³-hybridized carbons (Fsp3) is 0.133. The molecule has 1 radical (unpaired) electrons. The maximum absolute atomic E-state index is 3.94. The molecule has 0 fully saturated rings. The van der Waals surface area contributed by atoms with Gasteiger partial charge in [0, 0.05) is 19.3 Å². The van der Waals surface area contributed by atoms with Gasteiger partial charge in [-0.3, -0.25) is 0 Å². The van der Waals surface area contributed by atoms with Crippen LogP contribution in [0.15, 0.2) is 54.6 Å². The molecule has 1 heteroatoms. The third-order valence-electron chi connectivity index (χ3n) is 2.61. The van der Waals surface area contributed by atoms with Crippen molar-refractivity contribution in [2.75, 3.05) is 11.9 Å². The molecule has 81 valence electrons. The largest absolute Gasteiger partial charge is 0.370 e. The topological polar surface area (TPSA) is 3.24 Å². The lowest BCUT2D eigenvalue weighted by Gasteiger charge is -2.19. The number of anilines is 1. The average molecular weight is 210 g/mol. The van der Waals surface area contributed by atoms with Crippen molar-refractivity contribution in [3.63, 3.8) is 0 Å². The van der Waals surface area contributed by atoms with Crippen molar-refractivity contribution in [1.82, 2.24) is 0 Å². The van der Waals surface area contributed by atoms with Gasteiger partial charge in [-0.05, 0) is 30.2 Å². The van der Waals surface area contributed by atoms with Crippen LogP contribution in [0.2, 0.25) is 0 Å². The molecular weight excluding hydrogens is 194 g/mol. The smallest absolute Gasteiger partial charge is 0.0426 e. The van der Waals surface area contributed by atoms with Gasteiger partial charge < -0.3 is 4.90 Å². The van der Waals surface area contributed by atoms with E-state index in [0.717, 1.165) is 12.1 Å². The summed E-state index contributed by atoms with van der Waals surface area (Å²) in [5.41, 5.74) is 3.58. The second kappa shape index (κ2) is 4.84. The summed E-state index contributed by atoms with van der Waals surface area (Å²) in [5, 5.41) is 0. The second-order valence-corrected chi connectivity index (χ2v) is 4.01.